The van der Waals surface area contributed by atoms with E-state index < -0.39 is 9.84 Å². The Labute approximate surface area is 152 Å². The third-order valence-electron chi connectivity index (χ3n) is 4.64. The second-order valence-electron chi connectivity index (χ2n) is 6.41. The van der Waals surface area contributed by atoms with Crippen molar-refractivity contribution in [3.05, 3.63) is 24.3 Å². The van der Waals surface area contributed by atoms with E-state index in [2.05, 4.69) is 4.99 Å². The van der Waals surface area contributed by atoms with E-state index in [1.165, 1.54) is 11.8 Å². The van der Waals surface area contributed by atoms with Gasteiger partial charge in [-0.3, -0.25) is 4.79 Å². The number of hydrogen-bond donors (Lipinski definition) is 0. The van der Waals surface area contributed by atoms with Crippen LogP contribution in [0.25, 0.3) is 0 Å². The summed E-state index contributed by atoms with van der Waals surface area (Å²) in [5, 5.41) is 0.489. The number of benzene rings is 1. The quantitative estimate of drug-likeness (QED) is 0.796. The molecule has 2 saturated heterocycles. The highest BCUT2D eigenvalue weighted by Crippen LogP contribution is 2.41. The van der Waals surface area contributed by atoms with Gasteiger partial charge in [0.25, 0.3) is 5.91 Å². The molecule has 0 spiro atoms. The summed E-state index contributed by atoms with van der Waals surface area (Å²) in [6.07, 6.45) is 0.723. The fraction of sp³-hybridized carbons (Fsp3) is 0.529. The topological polar surface area (TPSA) is 76.0 Å². The predicted molar refractivity (Wildman–Crippen MR) is 101 cm³/mol. The first-order valence-electron chi connectivity index (χ1n) is 8.27. The second-order valence-corrected chi connectivity index (χ2v) is 9.77. The summed E-state index contributed by atoms with van der Waals surface area (Å²) in [5.41, 5.74) is 0.798. The van der Waals surface area contributed by atoms with Crippen LogP contribution in [-0.4, -0.2) is 49.4 Å². The Balaban J connectivity index is 2.00. The Morgan fingerprint density at radius 3 is 2.88 bits per heavy atom. The van der Waals surface area contributed by atoms with Gasteiger partial charge in [-0.1, -0.05) is 31.7 Å². The van der Waals surface area contributed by atoms with Gasteiger partial charge in [-0.2, -0.15) is 4.99 Å². The number of fused-ring (bicyclic) bond motifs is 1. The Morgan fingerprint density at radius 2 is 2.20 bits per heavy atom. The lowest BCUT2D eigenvalue weighted by molar-refractivity contribution is -0.121. The number of nitrogens with zero attached hydrogens (tertiary/aromatic N) is 2. The third kappa shape index (κ3) is 3.69. The normalized spacial score (nSPS) is 27.3. The maximum atomic E-state index is 12.3. The summed E-state index contributed by atoms with van der Waals surface area (Å²) in [6, 6.07) is 7.21. The SMILES string of the molecule is CCC(C)C(=O)N=C1SC2CS(=O)(=O)CC2N1c1cccc(OC)c1. The molecule has 2 aliphatic heterocycles. The molecule has 1 aromatic rings. The number of carbonyl (C=O) groups excluding carboxylic acids is 1. The highest BCUT2D eigenvalue weighted by Gasteiger charge is 2.49. The van der Waals surface area contributed by atoms with Crippen molar-refractivity contribution in [3.8, 4) is 5.75 Å². The van der Waals surface area contributed by atoms with E-state index in [4.69, 9.17) is 4.74 Å². The molecule has 136 valence electrons. The molecule has 3 atom stereocenters. The molecule has 8 heteroatoms. The van der Waals surface area contributed by atoms with Crippen LogP contribution in [0, 0.1) is 5.92 Å². The average molecular weight is 383 g/mol. The predicted octanol–water partition coefficient (Wildman–Crippen LogP) is 2.34. The van der Waals surface area contributed by atoms with E-state index in [-0.39, 0.29) is 34.6 Å². The molecule has 1 amide bonds. The van der Waals surface area contributed by atoms with Gasteiger partial charge in [0.1, 0.15) is 5.75 Å². The van der Waals surface area contributed by atoms with Crippen molar-refractivity contribution in [2.24, 2.45) is 10.9 Å². The molecule has 25 heavy (non-hydrogen) atoms. The van der Waals surface area contributed by atoms with Crippen LogP contribution < -0.4 is 9.64 Å². The van der Waals surface area contributed by atoms with Crippen molar-refractivity contribution >= 4 is 38.4 Å². The highest BCUT2D eigenvalue weighted by atomic mass is 32.2. The lowest BCUT2D eigenvalue weighted by Crippen LogP contribution is -2.37. The van der Waals surface area contributed by atoms with Gasteiger partial charge in [0.2, 0.25) is 0 Å². The zero-order valence-electron chi connectivity index (χ0n) is 14.5. The van der Waals surface area contributed by atoms with Crippen molar-refractivity contribution in [2.75, 3.05) is 23.5 Å². The first kappa shape index (κ1) is 18.3. The minimum atomic E-state index is -3.07. The van der Waals surface area contributed by atoms with E-state index in [1.807, 2.05) is 43.0 Å². The van der Waals surface area contributed by atoms with E-state index in [0.29, 0.717) is 10.9 Å². The number of thioether (sulfide) groups is 1. The van der Waals surface area contributed by atoms with Gasteiger partial charge in [-0.05, 0) is 18.6 Å². The lowest BCUT2D eigenvalue weighted by atomic mass is 10.1. The molecule has 2 aliphatic rings. The third-order valence-corrected chi connectivity index (χ3v) is 7.85. The average Bonchev–Trinajstić information content (AvgIpc) is 3.04. The maximum Gasteiger partial charge on any atom is 0.250 e. The molecule has 0 aliphatic carbocycles. The second kappa shape index (κ2) is 6.99. The van der Waals surface area contributed by atoms with Crippen molar-refractivity contribution in [1.29, 1.82) is 0 Å². The molecule has 2 heterocycles. The first-order valence-corrected chi connectivity index (χ1v) is 11.0. The lowest BCUT2D eigenvalue weighted by Gasteiger charge is -2.25. The molecule has 6 nitrogen and oxygen atoms in total. The molecule has 0 radical (unpaired) electrons. The van der Waals surface area contributed by atoms with Crippen LogP contribution in [0.15, 0.2) is 29.3 Å². The van der Waals surface area contributed by atoms with Gasteiger partial charge in [0, 0.05) is 22.9 Å². The number of aliphatic imine (C=N–C) groups is 1. The molecule has 0 saturated carbocycles. The van der Waals surface area contributed by atoms with Crippen molar-refractivity contribution in [3.63, 3.8) is 0 Å². The van der Waals surface area contributed by atoms with Crippen LogP contribution in [0.4, 0.5) is 5.69 Å². The van der Waals surface area contributed by atoms with Gasteiger partial charge in [-0.15, -0.1) is 0 Å². The number of hydrogen-bond acceptors (Lipinski definition) is 5. The van der Waals surface area contributed by atoms with Gasteiger partial charge >= 0.3 is 0 Å². The van der Waals surface area contributed by atoms with Gasteiger partial charge < -0.3 is 9.64 Å². The summed E-state index contributed by atoms with van der Waals surface area (Å²) in [4.78, 5) is 18.5. The molecule has 3 rings (SSSR count). The van der Waals surface area contributed by atoms with Crippen LogP contribution in [0.3, 0.4) is 0 Å². The number of amidine groups is 1. The molecular formula is C17H22N2O4S2. The molecule has 0 N–H and O–H groups in total. The monoisotopic (exact) mass is 382 g/mol. The van der Waals surface area contributed by atoms with Crippen LogP contribution in [0.2, 0.25) is 0 Å². The summed E-state index contributed by atoms with van der Waals surface area (Å²) in [7, 11) is -1.48. The fourth-order valence-corrected chi connectivity index (χ4v) is 6.93. The Kier molecular flexibility index (Phi) is 5.11. The molecule has 0 bridgehead atoms. The Bertz CT molecular complexity index is 807. The van der Waals surface area contributed by atoms with E-state index >= 15 is 0 Å². The maximum absolute atomic E-state index is 12.3. The summed E-state index contributed by atoms with van der Waals surface area (Å²) in [6.45, 7) is 3.80. The number of carbonyl (C=O) groups is 1. The van der Waals surface area contributed by atoms with Gasteiger partial charge in [0.05, 0.1) is 24.7 Å². The van der Waals surface area contributed by atoms with Crippen LogP contribution in [-0.2, 0) is 14.6 Å². The molecular weight excluding hydrogens is 360 g/mol. The molecule has 1 aromatic carbocycles. The number of sulfone groups is 1. The smallest absolute Gasteiger partial charge is 0.250 e. The summed E-state index contributed by atoms with van der Waals surface area (Å²) in [5.74, 6) is 0.571. The largest absolute Gasteiger partial charge is 0.497 e. The van der Waals surface area contributed by atoms with E-state index in [1.54, 1.807) is 7.11 Å². The number of amides is 1. The van der Waals surface area contributed by atoms with Crippen LogP contribution in [0.1, 0.15) is 20.3 Å². The van der Waals surface area contributed by atoms with Gasteiger partial charge in [0.15, 0.2) is 15.0 Å². The van der Waals surface area contributed by atoms with Crippen molar-refractivity contribution in [2.45, 2.75) is 31.6 Å². The Morgan fingerprint density at radius 1 is 1.44 bits per heavy atom. The van der Waals surface area contributed by atoms with E-state index in [0.717, 1.165) is 12.1 Å². The Hall–Kier alpha value is -1.54. The van der Waals surface area contributed by atoms with Crippen molar-refractivity contribution < 1.29 is 17.9 Å². The highest BCUT2D eigenvalue weighted by molar-refractivity contribution is 8.16. The van der Waals surface area contributed by atoms with Crippen LogP contribution in [0.5, 0.6) is 5.75 Å². The van der Waals surface area contributed by atoms with Crippen LogP contribution >= 0.6 is 11.8 Å². The summed E-state index contributed by atoms with van der Waals surface area (Å²) < 4.78 is 29.4. The molecule has 0 aromatic heterocycles. The first-order chi connectivity index (χ1) is 11.8. The standard InChI is InChI=1S/C17H22N2O4S2/c1-4-11(2)16(20)18-17-19(12-6-5-7-13(8-12)23-3)14-9-25(21,22)10-15(14)24-17/h5-8,11,14-15H,4,9-10H2,1-3H3. The summed E-state index contributed by atoms with van der Waals surface area (Å²) >= 11 is 1.39. The zero-order valence-corrected chi connectivity index (χ0v) is 16.1. The zero-order chi connectivity index (χ0) is 18.2. The minimum Gasteiger partial charge on any atom is -0.497 e. The number of rotatable bonds is 4. The van der Waals surface area contributed by atoms with Crippen molar-refractivity contribution in [1.82, 2.24) is 0 Å². The van der Waals surface area contributed by atoms with Gasteiger partial charge in [-0.25, -0.2) is 8.42 Å². The number of anilines is 1. The fourth-order valence-electron chi connectivity index (χ4n) is 3.01. The molecule has 3 unspecified atom stereocenters. The number of methoxy groups -OCH3 is 1. The van der Waals surface area contributed by atoms with E-state index in [9.17, 15) is 13.2 Å². The minimum absolute atomic E-state index is 0.0818. The number of ether oxygens (including phenoxy) is 1. The molecule has 2 fully saturated rings.